The first kappa shape index (κ1) is 19.2. The van der Waals surface area contributed by atoms with Gasteiger partial charge in [-0.05, 0) is 24.6 Å². The van der Waals surface area contributed by atoms with E-state index in [2.05, 4.69) is 14.4 Å². The number of carbonyl (C=O) groups is 1. The highest BCUT2D eigenvalue weighted by Crippen LogP contribution is 2.27. The van der Waals surface area contributed by atoms with E-state index in [0.29, 0.717) is 13.0 Å². The Morgan fingerprint density at radius 3 is 2.84 bits per heavy atom. The van der Waals surface area contributed by atoms with E-state index in [9.17, 15) is 13.2 Å². The lowest BCUT2D eigenvalue weighted by Gasteiger charge is -2.10. The smallest absolute Gasteiger partial charge is 0.343 e. The van der Waals surface area contributed by atoms with Gasteiger partial charge in [0.05, 0.1) is 23.4 Å². The molecule has 0 radical (unpaired) electrons. The minimum absolute atomic E-state index is 0.0190. The molecular formula is C15H18ClN3O5S. The maximum Gasteiger partial charge on any atom is 0.343 e. The summed E-state index contributed by atoms with van der Waals surface area (Å²) in [5, 5.41) is 0.0881. The van der Waals surface area contributed by atoms with Crippen molar-refractivity contribution in [3.63, 3.8) is 0 Å². The maximum atomic E-state index is 12.3. The van der Waals surface area contributed by atoms with Gasteiger partial charge < -0.3 is 14.0 Å². The van der Waals surface area contributed by atoms with E-state index in [1.165, 1.54) is 25.3 Å². The number of aryl methyl sites for hydroxylation is 1. The average molecular weight is 388 g/mol. The maximum absolute atomic E-state index is 12.3. The third-order valence-corrected chi connectivity index (χ3v) is 4.99. The molecule has 0 bridgehead atoms. The number of benzene rings is 1. The first-order valence-corrected chi connectivity index (χ1v) is 9.23. The van der Waals surface area contributed by atoms with Crippen LogP contribution in [0.15, 0.2) is 41.8 Å². The van der Waals surface area contributed by atoms with Crippen LogP contribution >= 0.6 is 11.6 Å². The van der Waals surface area contributed by atoms with Crippen molar-refractivity contribution in [2.45, 2.75) is 17.9 Å². The van der Waals surface area contributed by atoms with E-state index in [4.69, 9.17) is 16.3 Å². The van der Waals surface area contributed by atoms with Gasteiger partial charge in [0.15, 0.2) is 6.61 Å². The lowest BCUT2D eigenvalue weighted by Crippen LogP contribution is -2.25. The highest BCUT2D eigenvalue weighted by Gasteiger charge is 2.16. The number of rotatable bonds is 9. The number of ether oxygens (including phenoxy) is 2. The SMILES string of the molecule is COC(=O)COc1ccc(S(=O)(=O)NCCCn2ccnc2)cc1Cl. The summed E-state index contributed by atoms with van der Waals surface area (Å²) < 4.78 is 38.5. The number of sulfonamides is 1. The van der Waals surface area contributed by atoms with Gasteiger partial charge in [0.1, 0.15) is 5.75 Å². The van der Waals surface area contributed by atoms with Crippen LogP contribution in [0, 0.1) is 0 Å². The summed E-state index contributed by atoms with van der Waals surface area (Å²) in [7, 11) is -2.45. The van der Waals surface area contributed by atoms with E-state index in [0.717, 1.165) is 0 Å². The fraction of sp³-hybridized carbons (Fsp3) is 0.333. The van der Waals surface area contributed by atoms with Crippen molar-refractivity contribution in [3.05, 3.63) is 41.9 Å². The fourth-order valence-electron chi connectivity index (χ4n) is 1.93. The molecule has 1 heterocycles. The van der Waals surface area contributed by atoms with Crippen molar-refractivity contribution in [3.8, 4) is 5.75 Å². The van der Waals surface area contributed by atoms with Gasteiger partial charge in [-0.15, -0.1) is 0 Å². The summed E-state index contributed by atoms with van der Waals surface area (Å²) in [5.74, 6) is -0.363. The van der Waals surface area contributed by atoms with Crippen LogP contribution in [-0.4, -0.2) is 44.2 Å². The lowest BCUT2D eigenvalue weighted by atomic mass is 10.3. The molecule has 0 aliphatic heterocycles. The zero-order valence-corrected chi connectivity index (χ0v) is 15.1. The Bertz CT molecular complexity index is 809. The molecule has 10 heteroatoms. The number of aromatic nitrogens is 2. The van der Waals surface area contributed by atoms with E-state index >= 15 is 0 Å². The van der Waals surface area contributed by atoms with E-state index in [1.807, 2.05) is 4.57 Å². The number of carbonyl (C=O) groups excluding carboxylic acids is 1. The second kappa shape index (κ2) is 8.84. The molecule has 0 aliphatic carbocycles. The van der Waals surface area contributed by atoms with Gasteiger partial charge in [-0.3, -0.25) is 0 Å². The molecule has 0 saturated heterocycles. The molecule has 8 nitrogen and oxygen atoms in total. The molecule has 0 spiro atoms. The number of imidazole rings is 1. The Hall–Kier alpha value is -2.10. The Morgan fingerprint density at radius 2 is 2.20 bits per heavy atom. The molecule has 2 aromatic rings. The topological polar surface area (TPSA) is 99.5 Å². The third-order valence-electron chi connectivity index (χ3n) is 3.23. The summed E-state index contributed by atoms with van der Waals surface area (Å²) in [6.07, 6.45) is 5.75. The summed E-state index contributed by atoms with van der Waals surface area (Å²) in [4.78, 5) is 15.0. The van der Waals surface area contributed by atoms with Crippen molar-refractivity contribution in [2.75, 3.05) is 20.3 Å². The molecule has 0 aliphatic rings. The Labute approximate surface area is 150 Å². The van der Waals surface area contributed by atoms with Gasteiger partial charge >= 0.3 is 5.97 Å². The number of halogens is 1. The standard InChI is InChI=1S/C15H18ClN3O5S/c1-23-15(20)10-24-14-4-3-12(9-13(14)16)25(21,22)18-5-2-7-19-8-6-17-11-19/h3-4,6,8-9,11,18H,2,5,7,10H2,1H3. The van der Waals surface area contributed by atoms with Crippen molar-refractivity contribution in [2.24, 2.45) is 0 Å². The normalized spacial score (nSPS) is 11.3. The van der Waals surface area contributed by atoms with Crippen molar-refractivity contribution in [1.82, 2.24) is 14.3 Å². The predicted octanol–water partition coefficient (Wildman–Crippen LogP) is 1.46. The van der Waals surface area contributed by atoms with E-state index < -0.39 is 16.0 Å². The molecule has 2 rings (SSSR count). The lowest BCUT2D eigenvalue weighted by molar-refractivity contribution is -0.142. The van der Waals surface area contributed by atoms with E-state index in [1.54, 1.807) is 18.7 Å². The summed E-state index contributed by atoms with van der Waals surface area (Å²) in [6.45, 7) is 0.622. The Morgan fingerprint density at radius 1 is 1.40 bits per heavy atom. The molecule has 25 heavy (non-hydrogen) atoms. The van der Waals surface area contributed by atoms with Crippen molar-refractivity contribution < 1.29 is 22.7 Å². The van der Waals surface area contributed by atoms with Crippen LogP contribution in [0.25, 0.3) is 0 Å². The average Bonchev–Trinajstić information content (AvgIpc) is 3.10. The van der Waals surface area contributed by atoms with Crippen LogP contribution in [0.4, 0.5) is 0 Å². The predicted molar refractivity (Wildman–Crippen MR) is 91.0 cm³/mol. The van der Waals surface area contributed by atoms with Crippen LogP contribution in [0.2, 0.25) is 5.02 Å². The molecule has 1 N–H and O–H groups in total. The Balaban J connectivity index is 1.92. The first-order valence-electron chi connectivity index (χ1n) is 7.37. The zero-order valence-electron chi connectivity index (χ0n) is 13.5. The summed E-state index contributed by atoms with van der Waals surface area (Å²) in [5.41, 5.74) is 0. The van der Waals surface area contributed by atoms with Crippen molar-refractivity contribution in [1.29, 1.82) is 0 Å². The molecule has 0 atom stereocenters. The highest BCUT2D eigenvalue weighted by molar-refractivity contribution is 7.89. The molecule has 0 amide bonds. The van der Waals surface area contributed by atoms with E-state index in [-0.39, 0.29) is 28.8 Å². The van der Waals surface area contributed by atoms with Crippen LogP contribution in [-0.2, 0) is 26.1 Å². The molecule has 1 aromatic carbocycles. The molecular weight excluding hydrogens is 370 g/mol. The van der Waals surface area contributed by atoms with Crippen LogP contribution in [0.3, 0.4) is 0 Å². The zero-order chi connectivity index (χ0) is 18.3. The highest BCUT2D eigenvalue weighted by atomic mass is 35.5. The molecule has 1 aromatic heterocycles. The first-order chi connectivity index (χ1) is 11.9. The number of hydrogen-bond donors (Lipinski definition) is 1. The minimum Gasteiger partial charge on any atom is -0.480 e. The molecule has 0 saturated carbocycles. The third kappa shape index (κ3) is 5.73. The minimum atomic E-state index is -3.68. The molecule has 0 fully saturated rings. The summed E-state index contributed by atoms with van der Waals surface area (Å²) >= 11 is 6.01. The van der Waals surface area contributed by atoms with Gasteiger partial charge in [-0.1, -0.05) is 11.6 Å². The number of nitrogens with one attached hydrogen (secondary N) is 1. The monoisotopic (exact) mass is 387 g/mol. The largest absolute Gasteiger partial charge is 0.480 e. The number of esters is 1. The molecule has 136 valence electrons. The van der Waals surface area contributed by atoms with Gasteiger partial charge in [0.25, 0.3) is 0 Å². The van der Waals surface area contributed by atoms with Gasteiger partial charge in [-0.25, -0.2) is 22.9 Å². The second-order valence-electron chi connectivity index (χ2n) is 5.01. The van der Waals surface area contributed by atoms with Crippen LogP contribution < -0.4 is 9.46 Å². The second-order valence-corrected chi connectivity index (χ2v) is 7.18. The van der Waals surface area contributed by atoms with Gasteiger partial charge in [0.2, 0.25) is 10.0 Å². The van der Waals surface area contributed by atoms with Crippen molar-refractivity contribution >= 4 is 27.6 Å². The number of methoxy groups -OCH3 is 1. The quantitative estimate of drug-likeness (QED) is 0.516. The van der Waals surface area contributed by atoms with Crippen LogP contribution in [0.5, 0.6) is 5.75 Å². The van der Waals surface area contributed by atoms with Crippen LogP contribution in [0.1, 0.15) is 6.42 Å². The van der Waals surface area contributed by atoms with Gasteiger partial charge in [-0.2, -0.15) is 0 Å². The summed E-state index contributed by atoms with van der Waals surface area (Å²) in [6, 6.07) is 4.02. The van der Waals surface area contributed by atoms with Gasteiger partial charge in [0, 0.05) is 25.5 Å². The number of nitrogens with zero attached hydrogens (tertiary/aromatic N) is 2. The number of hydrogen-bond acceptors (Lipinski definition) is 6. The molecule has 0 unspecified atom stereocenters. The fourth-order valence-corrected chi connectivity index (χ4v) is 3.33. The Kier molecular flexibility index (Phi) is 6.80.